The van der Waals surface area contributed by atoms with Crippen LogP contribution < -0.4 is 0 Å². The molecule has 0 heterocycles. The first-order valence-corrected chi connectivity index (χ1v) is 4.48. The van der Waals surface area contributed by atoms with E-state index in [1.165, 1.54) is 0 Å². The maximum absolute atomic E-state index is 11.2. The van der Waals surface area contributed by atoms with E-state index in [-0.39, 0.29) is 6.04 Å². The third kappa shape index (κ3) is 2.03. The van der Waals surface area contributed by atoms with Crippen molar-refractivity contribution in [3.8, 4) is 0 Å². The number of carbonyl (C=O) groups excluding carboxylic acids is 1. The fraction of sp³-hybridized carbons (Fsp3) is 0.889. The summed E-state index contributed by atoms with van der Waals surface area (Å²) in [7, 11) is 2.05. The normalized spacial score (nSPS) is 25.0. The Labute approximate surface area is 68.6 Å². The summed E-state index contributed by atoms with van der Waals surface area (Å²) in [6, 6.07) is 0.245. The van der Waals surface area contributed by atoms with Crippen LogP contribution >= 0.6 is 0 Å². The number of nitrogens with zero attached hydrogens (tertiary/aromatic N) is 1. The molecule has 0 bridgehead atoms. The highest BCUT2D eigenvalue weighted by Crippen LogP contribution is 2.18. The van der Waals surface area contributed by atoms with Gasteiger partial charge in [0.05, 0.1) is 6.04 Å². The minimum absolute atomic E-state index is 0.245. The Bertz CT molecular complexity index is 144. The van der Waals surface area contributed by atoms with E-state index in [4.69, 9.17) is 0 Å². The predicted molar refractivity (Wildman–Crippen MR) is 45.6 cm³/mol. The van der Waals surface area contributed by atoms with Gasteiger partial charge in [-0.05, 0) is 32.9 Å². The number of hydrogen-bond acceptors (Lipinski definition) is 2. The maximum atomic E-state index is 11.2. The molecule has 0 aliphatic heterocycles. The molecule has 1 atom stereocenters. The Kier molecular flexibility index (Phi) is 3.06. The molecule has 0 aromatic heterocycles. The molecule has 0 aromatic rings. The zero-order valence-corrected chi connectivity index (χ0v) is 7.47. The molecule has 2 heteroatoms. The smallest absolute Gasteiger partial charge is 0.149 e. The highest BCUT2D eigenvalue weighted by atomic mass is 16.1. The van der Waals surface area contributed by atoms with E-state index in [1.54, 1.807) is 0 Å². The fourth-order valence-electron chi connectivity index (χ4n) is 1.77. The van der Waals surface area contributed by atoms with Crippen molar-refractivity contribution in [2.75, 3.05) is 13.6 Å². The summed E-state index contributed by atoms with van der Waals surface area (Å²) in [4.78, 5) is 13.4. The minimum Gasteiger partial charge on any atom is -0.298 e. The second kappa shape index (κ2) is 3.86. The van der Waals surface area contributed by atoms with E-state index in [2.05, 4.69) is 18.9 Å². The van der Waals surface area contributed by atoms with Crippen molar-refractivity contribution in [3.05, 3.63) is 0 Å². The number of Topliss-reactive ketones (excluding diaryl/α,β-unsaturated/α-hetero) is 1. The molecule has 0 aromatic carbocycles. The first-order chi connectivity index (χ1) is 5.25. The lowest BCUT2D eigenvalue weighted by Crippen LogP contribution is -2.35. The molecule has 1 fully saturated rings. The number of carbonyl (C=O) groups is 1. The van der Waals surface area contributed by atoms with Gasteiger partial charge in [-0.25, -0.2) is 0 Å². The quantitative estimate of drug-likeness (QED) is 0.615. The Morgan fingerprint density at radius 1 is 1.64 bits per heavy atom. The van der Waals surface area contributed by atoms with Gasteiger partial charge in [0.25, 0.3) is 0 Å². The molecule has 1 aliphatic rings. The van der Waals surface area contributed by atoms with Crippen LogP contribution in [0.25, 0.3) is 0 Å². The van der Waals surface area contributed by atoms with Crippen LogP contribution in [0.1, 0.15) is 32.6 Å². The van der Waals surface area contributed by atoms with Crippen LogP contribution in [-0.2, 0) is 4.79 Å². The summed E-state index contributed by atoms with van der Waals surface area (Å²) in [5.41, 5.74) is 0. The van der Waals surface area contributed by atoms with Gasteiger partial charge in [0, 0.05) is 6.42 Å². The summed E-state index contributed by atoms with van der Waals surface area (Å²) in [5.74, 6) is 0.445. The van der Waals surface area contributed by atoms with Gasteiger partial charge in [-0.3, -0.25) is 9.69 Å². The Hall–Kier alpha value is -0.370. The van der Waals surface area contributed by atoms with Crippen LogP contribution in [0.4, 0.5) is 0 Å². The first-order valence-electron chi connectivity index (χ1n) is 4.48. The van der Waals surface area contributed by atoms with E-state index < -0.39 is 0 Å². The summed E-state index contributed by atoms with van der Waals surface area (Å²) in [5, 5.41) is 0. The molecule has 1 saturated carbocycles. The van der Waals surface area contributed by atoms with E-state index in [9.17, 15) is 4.79 Å². The van der Waals surface area contributed by atoms with E-state index >= 15 is 0 Å². The monoisotopic (exact) mass is 155 g/mol. The van der Waals surface area contributed by atoms with Crippen molar-refractivity contribution in [2.45, 2.75) is 38.6 Å². The van der Waals surface area contributed by atoms with Crippen LogP contribution in [0.5, 0.6) is 0 Å². The van der Waals surface area contributed by atoms with Gasteiger partial charge in [-0.2, -0.15) is 0 Å². The van der Waals surface area contributed by atoms with E-state index in [0.29, 0.717) is 5.78 Å². The molecule has 64 valence electrons. The first kappa shape index (κ1) is 8.72. The van der Waals surface area contributed by atoms with Crippen LogP contribution in [-0.4, -0.2) is 30.3 Å². The summed E-state index contributed by atoms with van der Waals surface area (Å²) >= 11 is 0. The highest BCUT2D eigenvalue weighted by molar-refractivity contribution is 5.85. The lowest BCUT2D eigenvalue weighted by Gasteiger charge is -2.21. The van der Waals surface area contributed by atoms with Gasteiger partial charge in [0.1, 0.15) is 5.78 Å². The van der Waals surface area contributed by atoms with Crippen LogP contribution in [0.15, 0.2) is 0 Å². The molecule has 2 nitrogen and oxygen atoms in total. The molecule has 0 N–H and O–H groups in total. The minimum atomic E-state index is 0.245. The zero-order chi connectivity index (χ0) is 8.27. The van der Waals surface area contributed by atoms with Crippen molar-refractivity contribution in [2.24, 2.45) is 0 Å². The molecule has 1 aliphatic carbocycles. The Balaban J connectivity index is 2.39. The lowest BCUT2D eigenvalue weighted by atomic mass is 10.2. The van der Waals surface area contributed by atoms with Crippen molar-refractivity contribution < 1.29 is 4.79 Å². The summed E-state index contributed by atoms with van der Waals surface area (Å²) in [6.45, 7) is 3.20. The predicted octanol–water partition coefficient (Wildman–Crippen LogP) is 1.45. The molecule has 0 saturated heterocycles. The summed E-state index contributed by atoms with van der Waals surface area (Å²) in [6.07, 6.45) is 4.12. The van der Waals surface area contributed by atoms with Gasteiger partial charge in [-0.1, -0.05) is 6.92 Å². The topological polar surface area (TPSA) is 20.3 Å². The second-order valence-electron chi connectivity index (χ2n) is 3.35. The van der Waals surface area contributed by atoms with Crippen molar-refractivity contribution >= 4 is 5.78 Å². The molecular weight excluding hydrogens is 138 g/mol. The average molecular weight is 155 g/mol. The number of rotatable bonds is 3. The van der Waals surface area contributed by atoms with E-state index in [0.717, 1.165) is 32.2 Å². The van der Waals surface area contributed by atoms with Crippen molar-refractivity contribution in [3.63, 3.8) is 0 Å². The van der Waals surface area contributed by atoms with Gasteiger partial charge >= 0.3 is 0 Å². The summed E-state index contributed by atoms with van der Waals surface area (Å²) < 4.78 is 0. The van der Waals surface area contributed by atoms with Crippen molar-refractivity contribution in [1.82, 2.24) is 4.90 Å². The zero-order valence-electron chi connectivity index (χ0n) is 7.47. The molecule has 1 rings (SSSR count). The van der Waals surface area contributed by atoms with Crippen LogP contribution in [0.3, 0.4) is 0 Å². The molecule has 0 radical (unpaired) electrons. The second-order valence-corrected chi connectivity index (χ2v) is 3.35. The van der Waals surface area contributed by atoms with Gasteiger partial charge in [0.15, 0.2) is 0 Å². The largest absolute Gasteiger partial charge is 0.298 e. The lowest BCUT2D eigenvalue weighted by molar-refractivity contribution is -0.121. The fourth-order valence-corrected chi connectivity index (χ4v) is 1.77. The number of hydrogen-bond donors (Lipinski definition) is 0. The molecule has 0 spiro atoms. The van der Waals surface area contributed by atoms with Crippen molar-refractivity contribution in [1.29, 1.82) is 0 Å². The average Bonchev–Trinajstić information content (AvgIpc) is 2.36. The van der Waals surface area contributed by atoms with Gasteiger partial charge in [-0.15, -0.1) is 0 Å². The number of ketones is 1. The molecular formula is C9H17NO. The molecule has 0 amide bonds. The van der Waals surface area contributed by atoms with Crippen LogP contribution in [0, 0.1) is 0 Å². The third-order valence-electron chi connectivity index (χ3n) is 2.38. The Morgan fingerprint density at radius 3 is 2.82 bits per heavy atom. The highest BCUT2D eigenvalue weighted by Gasteiger charge is 2.26. The number of likely N-dealkylation sites (N-methyl/N-ethyl adjacent to an activating group) is 1. The molecule has 1 unspecified atom stereocenters. The Morgan fingerprint density at radius 2 is 2.36 bits per heavy atom. The maximum Gasteiger partial charge on any atom is 0.149 e. The SMILES string of the molecule is CCCN(C)C1CCCC1=O. The standard InChI is InChI=1S/C9H17NO/c1-3-7-10(2)8-5-4-6-9(8)11/h8H,3-7H2,1-2H3. The van der Waals surface area contributed by atoms with Crippen LogP contribution in [0.2, 0.25) is 0 Å². The molecule has 11 heavy (non-hydrogen) atoms. The van der Waals surface area contributed by atoms with Gasteiger partial charge < -0.3 is 0 Å². The van der Waals surface area contributed by atoms with E-state index in [1.807, 2.05) is 0 Å². The van der Waals surface area contributed by atoms with Gasteiger partial charge in [0.2, 0.25) is 0 Å². The third-order valence-corrected chi connectivity index (χ3v) is 2.38.